The number of fused-ring (bicyclic) bond motifs is 8. The molecule has 6 heterocycles. The van der Waals surface area contributed by atoms with Crippen molar-refractivity contribution in [3.8, 4) is 80.5 Å². The molecule has 7 aromatic carbocycles. The second-order valence-corrected chi connectivity index (χ2v) is 21.4. The van der Waals surface area contributed by atoms with Crippen molar-refractivity contribution in [2.24, 2.45) is 0 Å². The van der Waals surface area contributed by atoms with E-state index in [0.29, 0.717) is 115 Å². The van der Waals surface area contributed by atoms with E-state index in [-0.39, 0.29) is 176 Å². The van der Waals surface area contributed by atoms with Gasteiger partial charge in [0, 0.05) is 118 Å². The van der Waals surface area contributed by atoms with Gasteiger partial charge in [0.15, 0.2) is 34.5 Å². The van der Waals surface area contributed by atoms with Crippen LogP contribution >= 0.6 is 0 Å². The van der Waals surface area contributed by atoms with Gasteiger partial charge >= 0.3 is 101 Å². The third-order valence-electron chi connectivity index (χ3n) is 16.3. The summed E-state index contributed by atoms with van der Waals surface area (Å²) in [6.45, 7) is 8.06. The Kier molecular flexibility index (Phi) is 16.5. The van der Waals surface area contributed by atoms with Crippen LogP contribution in [0.3, 0.4) is 0 Å². The summed E-state index contributed by atoms with van der Waals surface area (Å²) in [5.41, 5.74) is 7.49. The molecule has 23 heteroatoms. The van der Waals surface area contributed by atoms with E-state index in [2.05, 4.69) is 49.0 Å². The fraction of sp³-hybridized carbons (Fsp3) is 0.238. The first-order valence-electron chi connectivity index (χ1n) is 27.4. The smallest absolute Gasteiger partial charge is 0.872 e. The quantitative estimate of drug-likeness (QED) is 0.123. The largest absolute Gasteiger partial charge is 1.00 e. The molecule has 0 spiro atoms. The van der Waals surface area contributed by atoms with Crippen LogP contribution in [0.25, 0.3) is 33.1 Å². The molecule has 1 aliphatic carbocycles. The number of aliphatic carboxylic acids is 3. The average molecular weight is 1180 g/mol. The van der Waals surface area contributed by atoms with Crippen LogP contribution in [0.4, 0.5) is 0 Å². The molecule has 0 amide bonds. The molecule has 86 heavy (non-hydrogen) atoms. The van der Waals surface area contributed by atoms with Gasteiger partial charge in [-0.3, -0.25) is 9.59 Å². The normalized spacial score (nSPS) is 16.4. The van der Waals surface area contributed by atoms with Gasteiger partial charge in [-0.2, -0.15) is 0 Å². The van der Waals surface area contributed by atoms with Crippen LogP contribution in [0.1, 0.15) is 139 Å². The maximum Gasteiger partial charge on any atom is 1.00 e. The molecule has 0 radical (unpaired) electrons. The second kappa shape index (κ2) is 23.5. The Hall–Kier alpha value is -7.24. The number of carbonyl (C=O) groups excluding carboxylic acids is 1. The first-order valence-corrected chi connectivity index (χ1v) is 27.4. The van der Waals surface area contributed by atoms with Crippen LogP contribution in [-0.4, -0.2) is 58.0 Å². The molecular weight excluding hydrogens is 1130 g/mol. The van der Waals surface area contributed by atoms with Crippen LogP contribution in [-0.2, 0) is 33.6 Å². The van der Waals surface area contributed by atoms with Gasteiger partial charge in [0.2, 0.25) is 0 Å². The third-order valence-corrected chi connectivity index (χ3v) is 16.3. The van der Waals surface area contributed by atoms with Crippen molar-refractivity contribution in [2.45, 2.75) is 96.3 Å². The van der Waals surface area contributed by atoms with Gasteiger partial charge in [-0.1, -0.05) is 39.8 Å². The predicted molar refractivity (Wildman–Crippen MR) is 293 cm³/mol. The summed E-state index contributed by atoms with van der Waals surface area (Å²) in [6.07, 6.45) is 0.567. The van der Waals surface area contributed by atoms with E-state index in [1.807, 2.05) is 45.0 Å². The molecule has 8 bridgehead atoms. The van der Waals surface area contributed by atoms with Crippen LogP contribution in [0.5, 0.6) is 80.5 Å². The fourth-order valence-electron chi connectivity index (χ4n) is 12.6. The Morgan fingerprint density at radius 1 is 0.384 bits per heavy atom. The number of H-pyrrole nitrogens is 3. The first-order chi connectivity index (χ1) is 40.1. The Bertz CT molecular complexity index is 4200. The molecule has 14 rings (SSSR count). The molecule has 4 unspecified atom stereocenters. The maximum atomic E-state index is 15.1. The van der Waals surface area contributed by atoms with E-state index in [4.69, 9.17) is 28.4 Å². The third kappa shape index (κ3) is 10.5. The van der Waals surface area contributed by atoms with Gasteiger partial charge in [0.25, 0.3) is 0 Å². The summed E-state index contributed by atoms with van der Waals surface area (Å²) >= 11 is 0. The number of imidazole rings is 3. The molecule has 4 atom stereocenters. The molecule has 0 fully saturated rings. The van der Waals surface area contributed by atoms with Gasteiger partial charge in [-0.25, -0.2) is 15.0 Å². The number of carboxylic acids is 3. The van der Waals surface area contributed by atoms with Crippen molar-refractivity contribution in [1.82, 2.24) is 29.9 Å². The van der Waals surface area contributed by atoms with Crippen LogP contribution < -0.4 is 132 Å². The van der Waals surface area contributed by atoms with Crippen molar-refractivity contribution in [3.05, 3.63) is 147 Å². The van der Waals surface area contributed by atoms with Crippen LogP contribution in [0.2, 0.25) is 0 Å². The summed E-state index contributed by atoms with van der Waals surface area (Å²) < 4.78 is 42.2. The number of carbonyl (C=O) groups is 3. The number of rotatable bonds is 10. The summed E-state index contributed by atoms with van der Waals surface area (Å²) in [5, 5.41) is 61.3. The summed E-state index contributed by atoms with van der Waals surface area (Å²) in [5.74, 6) is -2.67. The van der Waals surface area contributed by atoms with E-state index in [0.717, 1.165) is 11.1 Å². The van der Waals surface area contributed by atoms with Crippen molar-refractivity contribution in [3.63, 3.8) is 0 Å². The fourth-order valence-corrected chi connectivity index (χ4v) is 12.6. The molecule has 20 nitrogen and oxygen atoms in total. The van der Waals surface area contributed by atoms with Crippen LogP contribution in [0.15, 0.2) is 84.9 Å². The first kappa shape index (κ1) is 60.4. The Balaban J connectivity index is 0.00000256. The van der Waals surface area contributed by atoms with E-state index < -0.39 is 48.0 Å². The zero-order valence-electron chi connectivity index (χ0n) is 48.0. The Labute approximate surface area is 556 Å². The van der Waals surface area contributed by atoms with Crippen molar-refractivity contribution >= 4 is 51.0 Å². The summed E-state index contributed by atoms with van der Waals surface area (Å²) in [7, 11) is 0. The standard InChI is InChI=1S/C63H52N6O14.3Na/c1-5-26-30-9-32-27(6-2)34-11-36-29(8-4)37-12-35-28(7-3)33-10-31(26)45(71)20-47(33)79-53-14-39-41(67-59(65-39)24-62(74)75)16-55(53)81-49(35)22-51(37)83-57-18-43-42(68-60(69-43)25-63(76)77)17-56(57)82-50(36)21-48(34)80-54-15-40-38(64-58(66-40)23-61(72)73)13-52(54)78-46(32)19-44(30)70;;;/h9-22,26-29,70-71H,5-8,23-25H2,1-4H3,(H,64,66)(H,65,67)(H,68,69)(H,72,73)(H,74,75)(H,76,77);;;/q;3*+1/p-3. The van der Waals surface area contributed by atoms with Crippen molar-refractivity contribution < 1.29 is 157 Å². The molecule has 418 valence electrons. The monoisotopic (exact) mass is 1180 g/mol. The van der Waals surface area contributed by atoms with Crippen LogP contribution in [0, 0.1) is 0 Å². The van der Waals surface area contributed by atoms with Gasteiger partial charge < -0.3 is 73.7 Å². The Morgan fingerprint density at radius 2 is 0.640 bits per heavy atom. The number of benzene rings is 7. The van der Waals surface area contributed by atoms with Gasteiger partial charge in [-0.05, 0) is 61.1 Å². The number of aromatic nitrogens is 6. The molecule has 0 saturated carbocycles. The minimum Gasteiger partial charge on any atom is -0.872 e. The minimum atomic E-state index is -1.33. The van der Waals surface area contributed by atoms with Gasteiger partial charge in [0.1, 0.15) is 64.8 Å². The predicted octanol–water partition coefficient (Wildman–Crippen LogP) is 2.20. The minimum absolute atomic E-state index is 0. The Morgan fingerprint density at radius 3 is 0.919 bits per heavy atom. The number of nitrogens with one attached hydrogen (secondary N) is 3. The van der Waals surface area contributed by atoms with Gasteiger partial charge in [-0.15, -0.1) is 11.5 Å². The molecule has 3 aliphatic heterocycles. The zero-order valence-corrected chi connectivity index (χ0v) is 54.0. The summed E-state index contributed by atoms with van der Waals surface area (Å²) in [4.78, 5) is 58.6. The number of ether oxygens (including phenoxy) is 6. The summed E-state index contributed by atoms with van der Waals surface area (Å²) in [6, 6.07) is 24.4. The number of hydrogen-bond donors (Lipinski definition) is 5. The SMILES string of the molecule is CCC1c2cc3c(cc2[O-])Oc2cc4nc(CC(=O)[O-])[nH]c4cc2Oc2cc4c(cc2C3CC)C(CC)c2cc3c(cc2Oc2cc5[nH]c(CC(=O)O)nc5cc2O4)Oc2cc4[nH]c(CC(=O)O)nc4cc2Oc2cc([O-])c1cc2C3CC.[Na+].[Na+].[Na+]. The number of aromatic amines is 3. The number of nitrogens with zero attached hydrogens (tertiary/aromatic N) is 3. The van der Waals surface area contributed by atoms with E-state index >= 15 is 10.2 Å². The van der Waals surface area contributed by atoms with Crippen molar-refractivity contribution in [2.75, 3.05) is 0 Å². The molecule has 10 aromatic rings. The van der Waals surface area contributed by atoms with E-state index in [1.54, 1.807) is 36.4 Å². The second-order valence-electron chi connectivity index (χ2n) is 21.4. The number of hydrogen-bond acceptors (Lipinski definition) is 15. The molecule has 0 saturated heterocycles. The molecule has 5 N–H and O–H groups in total. The van der Waals surface area contributed by atoms with Crippen molar-refractivity contribution in [1.29, 1.82) is 0 Å². The van der Waals surface area contributed by atoms with E-state index in [9.17, 15) is 29.7 Å². The molecule has 3 aromatic heterocycles. The maximum absolute atomic E-state index is 15.1. The molecular formula is C63H49N6Na3O14. The molecule has 4 aliphatic rings. The average Bonchev–Trinajstić information content (AvgIpc) is 1.53. The van der Waals surface area contributed by atoms with Gasteiger partial charge in [0.05, 0.1) is 33.1 Å². The van der Waals surface area contributed by atoms with E-state index in [1.165, 1.54) is 12.1 Å². The zero-order chi connectivity index (χ0) is 57.3. The number of carboxylic acid groups (broad SMARTS) is 3. The topological polar surface area (TPSA) is 302 Å².